The Morgan fingerprint density at radius 3 is 2.07 bits per heavy atom. The van der Waals surface area contributed by atoms with Crippen LogP contribution in [0.15, 0.2) is 0 Å². The predicted molar refractivity (Wildman–Crippen MR) is 60.4 cm³/mol. The molecule has 3 nitrogen and oxygen atoms in total. The Kier molecular flexibility index (Phi) is 5.58. The molecule has 84 valence electrons. The molecule has 0 aromatic carbocycles. The van der Waals surface area contributed by atoms with Gasteiger partial charge in [-0.25, -0.2) is 4.79 Å². The third-order valence-corrected chi connectivity index (χ3v) is 2.20. The Balaban J connectivity index is 3.74. The van der Waals surface area contributed by atoms with Crippen molar-refractivity contribution in [3.05, 3.63) is 0 Å². The Morgan fingerprint density at radius 1 is 1.21 bits per heavy atom. The maximum Gasteiger partial charge on any atom is 0.317 e. The summed E-state index contributed by atoms with van der Waals surface area (Å²) in [6.07, 6.45) is 1.01. The highest BCUT2D eigenvalue weighted by molar-refractivity contribution is 5.73. The third kappa shape index (κ3) is 5.84. The van der Waals surface area contributed by atoms with Crippen LogP contribution < -0.4 is 5.32 Å². The Labute approximate surface area is 87.9 Å². The first-order valence-corrected chi connectivity index (χ1v) is 5.43. The minimum absolute atomic E-state index is 0.0549. The van der Waals surface area contributed by atoms with Gasteiger partial charge in [-0.2, -0.15) is 0 Å². The zero-order chi connectivity index (χ0) is 11.2. The molecule has 0 saturated carbocycles. The number of nitrogens with one attached hydrogen (secondary N) is 1. The highest BCUT2D eigenvalue weighted by Crippen LogP contribution is 2.16. The van der Waals surface area contributed by atoms with E-state index in [4.69, 9.17) is 0 Å². The third-order valence-electron chi connectivity index (χ3n) is 2.20. The smallest absolute Gasteiger partial charge is 0.317 e. The minimum atomic E-state index is 0.0549. The molecule has 0 aromatic rings. The van der Waals surface area contributed by atoms with Crippen LogP contribution in [0.5, 0.6) is 0 Å². The van der Waals surface area contributed by atoms with Crippen molar-refractivity contribution in [1.82, 2.24) is 10.2 Å². The van der Waals surface area contributed by atoms with Gasteiger partial charge in [0, 0.05) is 19.6 Å². The zero-order valence-electron chi connectivity index (χ0n) is 10.2. The normalized spacial score (nSPS) is 11.2. The number of urea groups is 1. The topological polar surface area (TPSA) is 32.3 Å². The molecule has 1 N–H and O–H groups in total. The first-order valence-electron chi connectivity index (χ1n) is 5.43. The van der Waals surface area contributed by atoms with E-state index < -0.39 is 0 Å². The fourth-order valence-electron chi connectivity index (χ4n) is 1.17. The van der Waals surface area contributed by atoms with Crippen molar-refractivity contribution in [1.29, 1.82) is 0 Å². The molecule has 14 heavy (non-hydrogen) atoms. The lowest BCUT2D eigenvalue weighted by Crippen LogP contribution is -2.40. The lowest BCUT2D eigenvalue weighted by Gasteiger charge is -2.22. The van der Waals surface area contributed by atoms with Crippen LogP contribution >= 0.6 is 0 Å². The van der Waals surface area contributed by atoms with Gasteiger partial charge >= 0.3 is 6.03 Å². The molecule has 0 atom stereocenters. The highest BCUT2D eigenvalue weighted by Gasteiger charge is 2.12. The van der Waals surface area contributed by atoms with Gasteiger partial charge in [0.15, 0.2) is 0 Å². The molecule has 0 rings (SSSR count). The molecule has 0 aromatic heterocycles. The summed E-state index contributed by atoms with van der Waals surface area (Å²) in [6.45, 7) is 12.8. The molecule has 3 heteroatoms. The zero-order valence-corrected chi connectivity index (χ0v) is 10.2. The molecule has 0 fully saturated rings. The second-order valence-electron chi connectivity index (χ2n) is 4.71. The van der Waals surface area contributed by atoms with E-state index in [-0.39, 0.29) is 11.4 Å². The fraction of sp³-hybridized carbons (Fsp3) is 0.909. The number of amides is 2. The van der Waals surface area contributed by atoms with Crippen LogP contribution in [0, 0.1) is 5.41 Å². The van der Waals surface area contributed by atoms with E-state index in [0.29, 0.717) is 0 Å². The van der Waals surface area contributed by atoms with Gasteiger partial charge in [0.1, 0.15) is 0 Å². The van der Waals surface area contributed by atoms with Crippen molar-refractivity contribution in [2.75, 3.05) is 19.6 Å². The van der Waals surface area contributed by atoms with Crippen LogP contribution in [0.4, 0.5) is 4.79 Å². The molecule has 0 bridgehead atoms. The van der Waals surface area contributed by atoms with Crippen molar-refractivity contribution in [3.8, 4) is 0 Å². The lowest BCUT2D eigenvalue weighted by molar-refractivity contribution is 0.201. The van der Waals surface area contributed by atoms with Gasteiger partial charge in [0.25, 0.3) is 0 Å². The average molecular weight is 200 g/mol. The van der Waals surface area contributed by atoms with Crippen LogP contribution in [0.2, 0.25) is 0 Å². The standard InChI is InChI=1S/C11H24N2O/c1-6-13(7-2)10(14)12-9-8-11(3,4)5/h6-9H2,1-5H3,(H,12,14). The van der Waals surface area contributed by atoms with Crippen LogP contribution in [0.3, 0.4) is 0 Å². The molecule has 2 amide bonds. The number of carbonyl (C=O) groups is 1. The van der Waals surface area contributed by atoms with E-state index in [1.807, 2.05) is 13.8 Å². The Morgan fingerprint density at radius 2 is 1.71 bits per heavy atom. The van der Waals surface area contributed by atoms with Crippen LogP contribution in [0.25, 0.3) is 0 Å². The largest absolute Gasteiger partial charge is 0.338 e. The SMILES string of the molecule is CCN(CC)C(=O)NCCC(C)(C)C. The van der Waals surface area contributed by atoms with Crippen molar-refractivity contribution >= 4 is 6.03 Å². The van der Waals surface area contributed by atoms with Gasteiger partial charge in [-0.15, -0.1) is 0 Å². The van der Waals surface area contributed by atoms with Gasteiger partial charge < -0.3 is 10.2 Å². The summed E-state index contributed by atoms with van der Waals surface area (Å²) >= 11 is 0. The first kappa shape index (κ1) is 13.3. The van der Waals surface area contributed by atoms with Crippen LogP contribution in [0.1, 0.15) is 41.0 Å². The highest BCUT2D eigenvalue weighted by atomic mass is 16.2. The fourth-order valence-corrected chi connectivity index (χ4v) is 1.17. The summed E-state index contributed by atoms with van der Waals surface area (Å²) in [5, 5.41) is 2.93. The van der Waals surface area contributed by atoms with E-state index in [1.54, 1.807) is 4.90 Å². The van der Waals surface area contributed by atoms with Crippen molar-refractivity contribution in [2.24, 2.45) is 5.41 Å². The summed E-state index contributed by atoms with van der Waals surface area (Å²) in [6, 6.07) is 0.0549. The molecule has 0 heterocycles. The van der Waals surface area contributed by atoms with Crippen molar-refractivity contribution in [3.63, 3.8) is 0 Å². The maximum atomic E-state index is 11.5. The van der Waals surface area contributed by atoms with E-state index in [2.05, 4.69) is 26.1 Å². The second kappa shape index (κ2) is 5.89. The monoisotopic (exact) mass is 200 g/mol. The molecular weight excluding hydrogens is 176 g/mol. The summed E-state index contributed by atoms with van der Waals surface area (Å²) in [4.78, 5) is 13.3. The number of carbonyl (C=O) groups excluding carboxylic acids is 1. The summed E-state index contributed by atoms with van der Waals surface area (Å²) in [5.41, 5.74) is 0.288. The van der Waals surface area contributed by atoms with Crippen LogP contribution in [-0.4, -0.2) is 30.6 Å². The molecule has 0 radical (unpaired) electrons. The van der Waals surface area contributed by atoms with E-state index in [1.165, 1.54) is 0 Å². The summed E-state index contributed by atoms with van der Waals surface area (Å²) < 4.78 is 0. The molecule has 0 unspecified atom stereocenters. The molecule has 0 aliphatic rings. The molecule has 0 saturated heterocycles. The summed E-state index contributed by atoms with van der Waals surface area (Å²) in [5.74, 6) is 0. The maximum absolute atomic E-state index is 11.5. The van der Waals surface area contributed by atoms with Gasteiger partial charge in [0.05, 0.1) is 0 Å². The number of hydrogen-bond donors (Lipinski definition) is 1. The van der Waals surface area contributed by atoms with Gasteiger partial charge in [-0.1, -0.05) is 20.8 Å². The van der Waals surface area contributed by atoms with E-state index in [9.17, 15) is 4.79 Å². The minimum Gasteiger partial charge on any atom is -0.338 e. The number of rotatable bonds is 4. The van der Waals surface area contributed by atoms with Gasteiger partial charge in [0.2, 0.25) is 0 Å². The number of hydrogen-bond acceptors (Lipinski definition) is 1. The van der Waals surface area contributed by atoms with Crippen molar-refractivity contribution in [2.45, 2.75) is 41.0 Å². The quantitative estimate of drug-likeness (QED) is 0.743. The van der Waals surface area contributed by atoms with Crippen molar-refractivity contribution < 1.29 is 4.79 Å². The molecular formula is C11H24N2O. The Bertz CT molecular complexity index is 169. The van der Waals surface area contributed by atoms with Crippen LogP contribution in [-0.2, 0) is 0 Å². The second-order valence-corrected chi connectivity index (χ2v) is 4.71. The average Bonchev–Trinajstić information content (AvgIpc) is 2.04. The van der Waals surface area contributed by atoms with E-state index >= 15 is 0 Å². The van der Waals surface area contributed by atoms with Gasteiger partial charge in [-0.05, 0) is 25.7 Å². The Hall–Kier alpha value is -0.730. The molecule has 0 spiro atoms. The van der Waals surface area contributed by atoms with Gasteiger partial charge in [-0.3, -0.25) is 0 Å². The first-order chi connectivity index (χ1) is 6.40. The van der Waals surface area contributed by atoms with E-state index in [0.717, 1.165) is 26.1 Å². The molecule has 0 aliphatic heterocycles. The lowest BCUT2D eigenvalue weighted by atomic mass is 9.92. The summed E-state index contributed by atoms with van der Waals surface area (Å²) in [7, 11) is 0. The number of nitrogens with zero attached hydrogens (tertiary/aromatic N) is 1. The molecule has 0 aliphatic carbocycles. The predicted octanol–water partition coefficient (Wildman–Crippen LogP) is 2.47.